The summed E-state index contributed by atoms with van der Waals surface area (Å²) in [5, 5.41) is 0. The zero-order chi connectivity index (χ0) is 8.55. The van der Waals surface area contributed by atoms with Crippen LogP contribution in [0, 0.1) is 6.08 Å². The van der Waals surface area contributed by atoms with Crippen molar-refractivity contribution in [3.8, 4) is 0 Å². The monoisotopic (exact) mass is 285 g/mol. The Balaban J connectivity index is 0.000000845. The summed E-state index contributed by atoms with van der Waals surface area (Å²) in [4.78, 5) is 2.21. The van der Waals surface area contributed by atoms with Crippen molar-refractivity contribution in [2.75, 3.05) is 6.54 Å². The second kappa shape index (κ2) is 4.07. The highest BCUT2D eigenvalue weighted by atomic mass is 127. The Bertz CT molecular complexity index is 321. The van der Waals surface area contributed by atoms with Gasteiger partial charge in [0.15, 0.2) is 0 Å². The predicted molar refractivity (Wildman–Crippen MR) is 50.1 cm³/mol. The van der Waals surface area contributed by atoms with E-state index in [1.807, 2.05) is 6.08 Å². The molecule has 0 amide bonds. The molecule has 68 valence electrons. The normalized spacial score (nSPS) is 18.9. The molecule has 2 aliphatic rings. The van der Waals surface area contributed by atoms with E-state index in [0.717, 1.165) is 6.54 Å². The van der Waals surface area contributed by atoms with Gasteiger partial charge >= 0.3 is 0 Å². The van der Waals surface area contributed by atoms with Crippen molar-refractivity contribution in [2.45, 2.75) is 13.8 Å². The number of hydrogen-bond acceptors (Lipinski definition) is 1. The fourth-order valence-electron chi connectivity index (χ4n) is 1.40. The molecule has 0 fully saturated rings. The molecule has 0 aromatic carbocycles. The molecule has 0 bridgehead atoms. The average Bonchev–Trinajstić information content (AvgIpc) is 2.07. The molecule has 2 heterocycles. The lowest BCUT2D eigenvalue weighted by Crippen LogP contribution is -3.00. The molecule has 2 aliphatic heterocycles. The van der Waals surface area contributed by atoms with E-state index in [-0.39, 0.29) is 24.0 Å². The van der Waals surface area contributed by atoms with Crippen molar-refractivity contribution >= 4 is 0 Å². The maximum atomic E-state index is 3.35. The standard InChI is InChI=1S/C11H12N.HI/c1-9-7-11-5-3-4-6-12(11)8-10(9)2;/h3-6H,8H2,1-2H3;1H/q+1;/p-1. The number of hydrogen-bond donors (Lipinski definition) is 0. The first-order valence-corrected chi connectivity index (χ1v) is 4.19. The second-order valence-corrected chi connectivity index (χ2v) is 3.24. The minimum absolute atomic E-state index is 0. The van der Waals surface area contributed by atoms with Gasteiger partial charge in [-0.2, -0.15) is 0 Å². The van der Waals surface area contributed by atoms with E-state index in [4.69, 9.17) is 0 Å². The van der Waals surface area contributed by atoms with E-state index in [9.17, 15) is 0 Å². The van der Waals surface area contributed by atoms with Gasteiger partial charge in [-0.15, -0.1) is 0 Å². The van der Waals surface area contributed by atoms with Crippen LogP contribution in [0.4, 0.5) is 0 Å². The van der Waals surface area contributed by atoms with Gasteiger partial charge in [-0.05, 0) is 19.1 Å². The van der Waals surface area contributed by atoms with Crippen LogP contribution in [0.25, 0.3) is 0 Å². The van der Waals surface area contributed by atoms with Gasteiger partial charge in [-0.3, -0.25) is 0 Å². The lowest BCUT2D eigenvalue weighted by atomic mass is 10.0. The van der Waals surface area contributed by atoms with Crippen LogP contribution < -0.4 is 24.0 Å². The molecule has 0 unspecified atom stereocenters. The van der Waals surface area contributed by atoms with E-state index in [1.54, 1.807) is 0 Å². The van der Waals surface area contributed by atoms with Gasteiger partial charge in [0.1, 0.15) is 5.57 Å². The summed E-state index contributed by atoms with van der Waals surface area (Å²) >= 11 is 0. The van der Waals surface area contributed by atoms with E-state index in [0.29, 0.717) is 0 Å². The molecule has 0 saturated heterocycles. The summed E-state index contributed by atoms with van der Waals surface area (Å²) < 4.78 is 0. The molecule has 0 N–H and O–H groups in total. The molecule has 2 heteroatoms. The highest BCUT2D eigenvalue weighted by Gasteiger charge is 2.21. The van der Waals surface area contributed by atoms with Gasteiger partial charge in [0, 0.05) is 18.7 Å². The molecule has 0 radical (unpaired) electrons. The number of nitrogens with zero attached hydrogens (tertiary/aromatic N) is 1. The SMILES string of the molecule is CC1=C(C)CN2C=CC=CC2=[C+]1.[I-]. The molecular formula is C11H12IN. The number of rotatable bonds is 0. The third kappa shape index (κ3) is 2.01. The summed E-state index contributed by atoms with van der Waals surface area (Å²) in [6.07, 6.45) is 11.6. The van der Waals surface area contributed by atoms with Gasteiger partial charge < -0.3 is 28.9 Å². The quantitative estimate of drug-likeness (QED) is 0.425. The fourth-order valence-corrected chi connectivity index (χ4v) is 1.40. The molecule has 1 nitrogen and oxygen atoms in total. The van der Waals surface area contributed by atoms with E-state index >= 15 is 0 Å². The van der Waals surface area contributed by atoms with Crippen molar-refractivity contribution in [3.05, 3.63) is 47.3 Å². The lowest BCUT2D eigenvalue weighted by Gasteiger charge is -2.20. The lowest BCUT2D eigenvalue weighted by molar-refractivity contribution is -0.00000253. The summed E-state index contributed by atoms with van der Waals surface area (Å²) in [6, 6.07) is 0. The predicted octanol–water partition coefficient (Wildman–Crippen LogP) is -0.587. The minimum Gasteiger partial charge on any atom is -1.00 e. The molecule has 0 saturated carbocycles. The smallest absolute Gasteiger partial charge is 0.209 e. The minimum atomic E-state index is 0. The van der Waals surface area contributed by atoms with Crippen molar-refractivity contribution in [1.82, 2.24) is 4.90 Å². The Kier molecular flexibility index (Phi) is 3.28. The fraction of sp³-hybridized carbons (Fsp3) is 0.273. The van der Waals surface area contributed by atoms with Crippen molar-refractivity contribution in [2.24, 2.45) is 0 Å². The first kappa shape index (κ1) is 10.5. The van der Waals surface area contributed by atoms with Crippen LogP contribution in [0.3, 0.4) is 0 Å². The molecule has 13 heavy (non-hydrogen) atoms. The summed E-state index contributed by atoms with van der Waals surface area (Å²) in [5.74, 6) is 0. The average molecular weight is 285 g/mol. The zero-order valence-corrected chi connectivity index (χ0v) is 10.00. The van der Waals surface area contributed by atoms with Crippen LogP contribution in [0.15, 0.2) is 41.3 Å². The molecule has 2 rings (SSSR count). The first-order valence-electron chi connectivity index (χ1n) is 4.19. The Morgan fingerprint density at radius 3 is 2.85 bits per heavy atom. The molecule has 0 atom stereocenters. The summed E-state index contributed by atoms with van der Waals surface area (Å²) in [5.41, 5.74) is 3.86. The van der Waals surface area contributed by atoms with Crippen molar-refractivity contribution in [3.63, 3.8) is 0 Å². The topological polar surface area (TPSA) is 3.24 Å². The third-order valence-electron chi connectivity index (χ3n) is 2.30. The second-order valence-electron chi connectivity index (χ2n) is 3.24. The Labute approximate surface area is 96.5 Å². The van der Waals surface area contributed by atoms with Crippen LogP contribution in [0.5, 0.6) is 0 Å². The molecule has 0 spiro atoms. The third-order valence-corrected chi connectivity index (χ3v) is 2.30. The maximum Gasteiger partial charge on any atom is 0.209 e. The van der Waals surface area contributed by atoms with E-state index < -0.39 is 0 Å². The van der Waals surface area contributed by atoms with Crippen LogP contribution in [0.1, 0.15) is 13.8 Å². The summed E-state index contributed by atoms with van der Waals surface area (Å²) in [6.45, 7) is 5.28. The molecular weight excluding hydrogens is 273 g/mol. The number of allylic oxidation sites excluding steroid dienone is 5. The van der Waals surface area contributed by atoms with Gasteiger partial charge in [0.2, 0.25) is 5.70 Å². The molecule has 0 aliphatic carbocycles. The van der Waals surface area contributed by atoms with Crippen LogP contribution in [0.2, 0.25) is 0 Å². The Morgan fingerprint density at radius 1 is 1.31 bits per heavy atom. The number of halogens is 1. The van der Waals surface area contributed by atoms with Gasteiger partial charge in [0.25, 0.3) is 0 Å². The maximum absolute atomic E-state index is 3.35. The Morgan fingerprint density at radius 2 is 2.08 bits per heavy atom. The van der Waals surface area contributed by atoms with Crippen molar-refractivity contribution in [1.29, 1.82) is 0 Å². The van der Waals surface area contributed by atoms with Crippen LogP contribution in [-0.4, -0.2) is 11.4 Å². The summed E-state index contributed by atoms with van der Waals surface area (Å²) in [7, 11) is 0. The highest BCUT2D eigenvalue weighted by Crippen LogP contribution is 2.22. The van der Waals surface area contributed by atoms with Gasteiger partial charge in [-0.1, -0.05) is 0 Å². The van der Waals surface area contributed by atoms with Crippen LogP contribution in [-0.2, 0) is 0 Å². The van der Waals surface area contributed by atoms with E-state index in [2.05, 4.69) is 43.2 Å². The van der Waals surface area contributed by atoms with Gasteiger partial charge in [-0.25, -0.2) is 0 Å². The molecule has 0 aromatic heterocycles. The largest absolute Gasteiger partial charge is 1.00 e. The zero-order valence-electron chi connectivity index (χ0n) is 7.84. The van der Waals surface area contributed by atoms with Gasteiger partial charge in [0.05, 0.1) is 18.7 Å². The Hall–Kier alpha value is -0.600. The van der Waals surface area contributed by atoms with Crippen LogP contribution >= 0.6 is 0 Å². The molecule has 0 aromatic rings. The highest BCUT2D eigenvalue weighted by molar-refractivity contribution is 5.36. The van der Waals surface area contributed by atoms with E-state index in [1.165, 1.54) is 16.8 Å². The van der Waals surface area contributed by atoms with Crippen molar-refractivity contribution < 1.29 is 24.0 Å². The first-order chi connectivity index (χ1) is 5.77. The number of fused-ring (bicyclic) bond motifs is 1.